The zero-order chi connectivity index (χ0) is 33.7. The maximum Gasteiger partial charge on any atom is 0.147 e. The van der Waals surface area contributed by atoms with Gasteiger partial charge in [0.1, 0.15) is 35.6 Å². The summed E-state index contributed by atoms with van der Waals surface area (Å²) in [6, 6.07) is 30.1. The Morgan fingerprint density at radius 3 is 1.84 bits per heavy atom. The van der Waals surface area contributed by atoms with Crippen molar-refractivity contribution in [1.82, 2.24) is 19.4 Å². The highest BCUT2D eigenvalue weighted by Gasteiger charge is 2.44. The van der Waals surface area contributed by atoms with Crippen LogP contribution in [0.5, 0.6) is 0 Å². The van der Waals surface area contributed by atoms with Crippen LogP contribution in [0.1, 0.15) is 30.4 Å². The first-order valence-corrected chi connectivity index (χ1v) is 18.4. The largest absolute Gasteiger partial charge is 0.464 e. The first kappa shape index (κ1) is 31.5. The van der Waals surface area contributed by atoms with E-state index in [2.05, 4.69) is 75.8 Å². The minimum absolute atomic E-state index is 0.352. The standard InChI is InChI=1S/C42H39Cl2N4O2/c43-33-10-2-16-39-41(33)28(26-49-39)7-1-9-30-25-48(37-14-4-12-35-31(37)18-20-45-35,38-15-5-13-36-32(38)19-21-46-36)24-23-47(30)22-6-8-29-27-50-40-17-3-11-34(44)42(29)40/h2-5,10-21,26-27,30,45-46H,1,6-9,22-25H2/q+1. The fourth-order valence-electron chi connectivity index (χ4n) is 8.65. The zero-order valence-electron chi connectivity index (χ0n) is 27.8. The smallest absolute Gasteiger partial charge is 0.147 e. The maximum absolute atomic E-state index is 6.66. The molecule has 6 nitrogen and oxygen atoms in total. The molecule has 0 saturated carbocycles. The van der Waals surface area contributed by atoms with Crippen molar-refractivity contribution in [2.75, 3.05) is 26.2 Å². The fourth-order valence-corrected chi connectivity index (χ4v) is 9.23. The van der Waals surface area contributed by atoms with Crippen LogP contribution < -0.4 is 4.48 Å². The van der Waals surface area contributed by atoms with Crippen LogP contribution in [0.15, 0.2) is 119 Å². The number of furan rings is 2. The van der Waals surface area contributed by atoms with Gasteiger partial charge in [-0.15, -0.1) is 0 Å². The predicted octanol–water partition coefficient (Wildman–Crippen LogP) is 11.4. The Kier molecular flexibility index (Phi) is 8.20. The lowest BCUT2D eigenvalue weighted by atomic mass is 9.96. The summed E-state index contributed by atoms with van der Waals surface area (Å²) in [4.78, 5) is 9.71. The summed E-state index contributed by atoms with van der Waals surface area (Å²) in [5.41, 5.74) is 9.15. The molecule has 1 fully saturated rings. The predicted molar refractivity (Wildman–Crippen MR) is 207 cm³/mol. The molecule has 8 heteroatoms. The van der Waals surface area contributed by atoms with Gasteiger partial charge in [-0.25, -0.2) is 0 Å². The Bertz CT molecular complexity index is 2380. The summed E-state index contributed by atoms with van der Waals surface area (Å²) >= 11 is 13.3. The Labute approximate surface area is 300 Å². The average Bonchev–Trinajstić information content (AvgIpc) is 3.96. The van der Waals surface area contributed by atoms with E-state index in [1.807, 2.05) is 48.9 Å². The van der Waals surface area contributed by atoms with Gasteiger partial charge in [-0.2, -0.15) is 0 Å². The molecular formula is C42H39Cl2N4O2+. The van der Waals surface area contributed by atoms with Crippen LogP contribution in [0.4, 0.5) is 11.4 Å². The van der Waals surface area contributed by atoms with Crippen LogP contribution in [0.25, 0.3) is 43.7 Å². The van der Waals surface area contributed by atoms with Gasteiger partial charge in [-0.1, -0.05) is 47.5 Å². The molecule has 0 radical (unpaired) electrons. The number of halogens is 2. The summed E-state index contributed by atoms with van der Waals surface area (Å²) in [5.74, 6) is 0. The molecule has 0 bridgehead atoms. The molecule has 2 N–H and O–H groups in total. The van der Waals surface area contributed by atoms with Crippen molar-refractivity contribution < 1.29 is 8.83 Å². The van der Waals surface area contributed by atoms with Gasteiger partial charge in [-0.05, 0) is 98.3 Å². The Morgan fingerprint density at radius 1 is 0.680 bits per heavy atom. The van der Waals surface area contributed by atoms with Gasteiger partial charge in [0, 0.05) is 41.8 Å². The van der Waals surface area contributed by atoms with Crippen molar-refractivity contribution >= 4 is 78.3 Å². The van der Waals surface area contributed by atoms with E-state index in [0.717, 1.165) is 94.7 Å². The number of H-pyrrole nitrogens is 2. The molecule has 1 unspecified atom stereocenters. The lowest BCUT2D eigenvalue weighted by Crippen LogP contribution is -2.62. The van der Waals surface area contributed by atoms with E-state index in [1.165, 1.54) is 44.3 Å². The summed E-state index contributed by atoms with van der Waals surface area (Å²) in [6.45, 7) is 3.94. The third-order valence-electron chi connectivity index (χ3n) is 11.0. The molecule has 4 aromatic carbocycles. The lowest BCUT2D eigenvalue weighted by molar-refractivity contribution is 0.0992. The van der Waals surface area contributed by atoms with Crippen LogP contribution in [0.3, 0.4) is 0 Å². The normalized spacial score (nSPS) is 16.7. The van der Waals surface area contributed by atoms with Crippen molar-refractivity contribution in [3.8, 4) is 0 Å². The molecule has 1 aliphatic heterocycles. The van der Waals surface area contributed by atoms with Gasteiger partial charge in [0.05, 0.1) is 50.4 Å². The van der Waals surface area contributed by atoms with Crippen molar-refractivity contribution in [1.29, 1.82) is 0 Å². The molecular weight excluding hydrogens is 663 g/mol. The molecule has 0 amide bonds. The highest BCUT2D eigenvalue weighted by Crippen LogP contribution is 2.45. The second-order valence-corrected chi connectivity index (χ2v) is 14.6. The summed E-state index contributed by atoms with van der Waals surface area (Å²) in [5, 5.41) is 6.18. The minimum atomic E-state index is 0.352. The Balaban J connectivity index is 1.06. The van der Waals surface area contributed by atoms with Gasteiger partial charge in [-0.3, -0.25) is 9.38 Å². The van der Waals surface area contributed by atoms with Crippen LogP contribution in [0.2, 0.25) is 10.0 Å². The Morgan fingerprint density at radius 2 is 1.24 bits per heavy atom. The van der Waals surface area contributed by atoms with Gasteiger partial charge in [0.25, 0.3) is 0 Å². The summed E-state index contributed by atoms with van der Waals surface area (Å²) < 4.78 is 12.6. The van der Waals surface area contributed by atoms with E-state index in [-0.39, 0.29) is 0 Å². The molecule has 1 aliphatic rings. The molecule has 1 atom stereocenters. The number of hydrogen-bond acceptors (Lipinski definition) is 3. The van der Waals surface area contributed by atoms with Crippen LogP contribution in [0, 0.1) is 0 Å². The maximum atomic E-state index is 6.66. The number of fused-ring (bicyclic) bond motifs is 4. The molecule has 50 heavy (non-hydrogen) atoms. The van der Waals surface area contributed by atoms with E-state index >= 15 is 0 Å². The number of aryl methyl sites for hydroxylation is 2. The molecule has 8 aromatic rings. The van der Waals surface area contributed by atoms with Crippen molar-refractivity contribution in [3.63, 3.8) is 0 Å². The molecule has 252 valence electrons. The SMILES string of the molecule is Clc1cccc2occ(CCCC3C[N+](c4cccc5[nH]ccc45)(c4cccc5[nH]ccc45)CCN3CCCc3coc4cccc(Cl)c34)c12. The third-order valence-corrected chi connectivity index (χ3v) is 11.6. The lowest BCUT2D eigenvalue weighted by Gasteiger charge is -2.48. The second-order valence-electron chi connectivity index (χ2n) is 13.7. The van der Waals surface area contributed by atoms with Crippen molar-refractivity contribution in [3.05, 3.63) is 131 Å². The molecule has 5 heterocycles. The zero-order valence-corrected chi connectivity index (χ0v) is 29.3. The number of aromatic amines is 2. The summed E-state index contributed by atoms with van der Waals surface area (Å²) in [7, 11) is 0. The Hall–Kier alpha value is -4.46. The quantitative estimate of drug-likeness (QED) is 0.140. The number of rotatable bonds is 10. The van der Waals surface area contributed by atoms with Gasteiger partial charge in [0.2, 0.25) is 0 Å². The number of hydrogen-bond donors (Lipinski definition) is 2. The number of piperazine rings is 1. The molecule has 9 rings (SSSR count). The van der Waals surface area contributed by atoms with Crippen molar-refractivity contribution in [2.45, 2.75) is 38.1 Å². The van der Waals surface area contributed by atoms with E-state index in [1.54, 1.807) is 0 Å². The second kappa shape index (κ2) is 13.0. The van der Waals surface area contributed by atoms with Crippen LogP contribution in [-0.2, 0) is 12.8 Å². The van der Waals surface area contributed by atoms with Crippen LogP contribution >= 0.6 is 23.2 Å². The van der Waals surface area contributed by atoms with E-state index in [9.17, 15) is 0 Å². The highest BCUT2D eigenvalue weighted by molar-refractivity contribution is 6.36. The number of benzene rings is 4. The molecule has 1 saturated heterocycles. The molecule has 0 aliphatic carbocycles. The summed E-state index contributed by atoms with van der Waals surface area (Å²) in [6.07, 6.45) is 12.9. The number of quaternary nitrogens is 1. The van der Waals surface area contributed by atoms with Gasteiger partial charge in [0.15, 0.2) is 0 Å². The first-order chi connectivity index (χ1) is 24.6. The van der Waals surface area contributed by atoms with Crippen LogP contribution in [-0.4, -0.2) is 47.1 Å². The van der Waals surface area contributed by atoms with Crippen molar-refractivity contribution in [2.24, 2.45) is 0 Å². The molecule has 0 spiro atoms. The van der Waals surface area contributed by atoms with E-state index < -0.39 is 0 Å². The fraction of sp³-hybridized carbons (Fsp3) is 0.238. The number of nitrogens with one attached hydrogen (secondary N) is 2. The number of aromatic nitrogens is 2. The van der Waals surface area contributed by atoms with E-state index in [0.29, 0.717) is 6.04 Å². The highest BCUT2D eigenvalue weighted by atomic mass is 35.5. The number of nitrogens with zero attached hydrogens (tertiary/aromatic N) is 2. The first-order valence-electron chi connectivity index (χ1n) is 17.6. The molecule has 4 aromatic heterocycles. The minimum Gasteiger partial charge on any atom is -0.464 e. The average molecular weight is 703 g/mol. The third kappa shape index (κ3) is 5.42. The topological polar surface area (TPSA) is 61.1 Å². The van der Waals surface area contributed by atoms with E-state index in [4.69, 9.17) is 32.0 Å². The van der Waals surface area contributed by atoms with Gasteiger partial charge < -0.3 is 18.8 Å². The monoisotopic (exact) mass is 701 g/mol. The van der Waals surface area contributed by atoms with Gasteiger partial charge >= 0.3 is 0 Å².